The van der Waals surface area contributed by atoms with Crippen molar-refractivity contribution in [3.05, 3.63) is 40.9 Å². The zero-order valence-corrected chi connectivity index (χ0v) is 15.4. The van der Waals surface area contributed by atoms with E-state index in [1.807, 2.05) is 0 Å². The van der Waals surface area contributed by atoms with E-state index in [4.69, 9.17) is 25.8 Å². The molecule has 0 aliphatic carbocycles. The van der Waals surface area contributed by atoms with Crippen LogP contribution >= 0.6 is 11.6 Å². The molecule has 1 aliphatic heterocycles. The number of nitrogens with one attached hydrogen (secondary N) is 1. The molecule has 0 fully saturated rings. The number of rotatable bonds is 5. The Balaban J connectivity index is 2.06. The first-order valence-electron chi connectivity index (χ1n) is 7.65. The fourth-order valence-electron chi connectivity index (χ4n) is 2.77. The molecule has 0 spiro atoms. The Hall–Kier alpha value is -2.12. The topological polar surface area (TPSA) is 73.9 Å². The average molecular weight is 384 g/mol. The highest BCUT2D eigenvalue weighted by Gasteiger charge is 2.27. The first kappa shape index (κ1) is 17.7. The van der Waals surface area contributed by atoms with E-state index >= 15 is 0 Å². The van der Waals surface area contributed by atoms with Gasteiger partial charge in [-0.1, -0.05) is 11.6 Å². The number of halogens is 1. The molecule has 8 heteroatoms. The fourth-order valence-corrected chi connectivity index (χ4v) is 4.17. The molecule has 0 amide bonds. The summed E-state index contributed by atoms with van der Waals surface area (Å²) in [7, 11) is -0.892. The van der Waals surface area contributed by atoms with E-state index in [-0.39, 0.29) is 10.6 Å². The van der Waals surface area contributed by atoms with Crippen molar-refractivity contribution in [2.24, 2.45) is 0 Å². The van der Waals surface area contributed by atoms with Crippen LogP contribution < -0.4 is 18.9 Å². The molecule has 1 N–H and O–H groups in total. The fraction of sp³-hybridized carbons (Fsp3) is 0.294. The standard InChI is InChI=1S/C17H18ClNO5S/c1-22-14-7-8-16(17-12(14)4-3-9-24-17)25(20,21)19-13-10-11(18)5-6-15(13)23-2/h5-8,10,19H,3-4,9H2,1-2H3. The van der Waals surface area contributed by atoms with E-state index in [1.165, 1.54) is 19.2 Å². The molecule has 6 nitrogen and oxygen atoms in total. The van der Waals surface area contributed by atoms with Crippen LogP contribution in [0.4, 0.5) is 5.69 Å². The Morgan fingerprint density at radius 3 is 2.56 bits per heavy atom. The number of benzene rings is 2. The van der Waals surface area contributed by atoms with Gasteiger partial charge in [-0.05, 0) is 43.2 Å². The van der Waals surface area contributed by atoms with Crippen molar-refractivity contribution in [3.8, 4) is 17.2 Å². The lowest BCUT2D eigenvalue weighted by molar-refractivity contribution is 0.274. The maximum atomic E-state index is 12.9. The predicted octanol–water partition coefficient (Wildman–Crippen LogP) is 3.48. The lowest BCUT2D eigenvalue weighted by atomic mass is 10.1. The third-order valence-electron chi connectivity index (χ3n) is 3.91. The Morgan fingerprint density at radius 1 is 1.12 bits per heavy atom. The first-order valence-corrected chi connectivity index (χ1v) is 9.51. The lowest BCUT2D eigenvalue weighted by Gasteiger charge is -2.23. The summed E-state index contributed by atoms with van der Waals surface area (Å²) in [5, 5.41) is 0.395. The molecule has 134 valence electrons. The van der Waals surface area contributed by atoms with Crippen LogP contribution in [0.25, 0.3) is 0 Å². The van der Waals surface area contributed by atoms with Crippen molar-refractivity contribution >= 4 is 27.3 Å². The molecule has 0 saturated carbocycles. The van der Waals surface area contributed by atoms with Crippen molar-refractivity contribution in [1.82, 2.24) is 0 Å². The summed E-state index contributed by atoms with van der Waals surface area (Å²) in [5.41, 5.74) is 1.02. The van der Waals surface area contributed by atoms with Crippen LogP contribution in [-0.4, -0.2) is 29.2 Å². The second-order valence-corrected chi connectivity index (χ2v) is 7.56. The summed E-state index contributed by atoms with van der Waals surface area (Å²) in [6.07, 6.45) is 1.50. The van der Waals surface area contributed by atoms with E-state index in [0.29, 0.717) is 35.3 Å². The summed E-state index contributed by atoms with van der Waals surface area (Å²) in [6.45, 7) is 0.461. The smallest absolute Gasteiger partial charge is 0.265 e. The van der Waals surface area contributed by atoms with Gasteiger partial charge in [0.25, 0.3) is 10.0 Å². The van der Waals surface area contributed by atoms with Gasteiger partial charge in [0.1, 0.15) is 22.1 Å². The van der Waals surface area contributed by atoms with Crippen LogP contribution in [-0.2, 0) is 16.4 Å². The molecule has 0 atom stereocenters. The molecule has 0 saturated heterocycles. The van der Waals surface area contributed by atoms with Crippen molar-refractivity contribution < 1.29 is 22.6 Å². The van der Waals surface area contributed by atoms with Gasteiger partial charge in [0.15, 0.2) is 0 Å². The number of sulfonamides is 1. The van der Waals surface area contributed by atoms with E-state index in [0.717, 1.165) is 12.0 Å². The SMILES string of the molecule is COc1ccc(Cl)cc1NS(=O)(=O)c1ccc(OC)c2c1OCCC2. The monoisotopic (exact) mass is 383 g/mol. The number of ether oxygens (including phenoxy) is 3. The molecular formula is C17H18ClNO5S. The molecule has 1 heterocycles. The van der Waals surface area contributed by atoms with Crippen LogP contribution in [0.2, 0.25) is 5.02 Å². The maximum absolute atomic E-state index is 12.9. The second-order valence-electron chi connectivity index (χ2n) is 5.48. The van der Waals surface area contributed by atoms with E-state index in [9.17, 15) is 8.42 Å². The maximum Gasteiger partial charge on any atom is 0.265 e. The average Bonchev–Trinajstić information content (AvgIpc) is 2.60. The number of fused-ring (bicyclic) bond motifs is 1. The van der Waals surface area contributed by atoms with Gasteiger partial charge in [0.05, 0.1) is 26.5 Å². The van der Waals surface area contributed by atoms with Crippen molar-refractivity contribution in [2.75, 3.05) is 25.5 Å². The van der Waals surface area contributed by atoms with Gasteiger partial charge in [-0.15, -0.1) is 0 Å². The normalized spacial score (nSPS) is 13.6. The van der Waals surface area contributed by atoms with E-state index in [2.05, 4.69) is 4.72 Å². The molecule has 0 unspecified atom stereocenters. The van der Waals surface area contributed by atoms with E-state index < -0.39 is 10.0 Å². The quantitative estimate of drug-likeness (QED) is 0.855. The van der Waals surface area contributed by atoms with Gasteiger partial charge in [0, 0.05) is 10.6 Å². The molecule has 2 aromatic rings. The Labute approximate surface area is 151 Å². The van der Waals surface area contributed by atoms with Crippen LogP contribution in [0, 0.1) is 0 Å². The second kappa shape index (κ2) is 7.01. The third-order valence-corrected chi connectivity index (χ3v) is 5.54. The minimum Gasteiger partial charge on any atom is -0.496 e. The molecule has 2 aromatic carbocycles. The minimum absolute atomic E-state index is 0.0602. The number of methoxy groups -OCH3 is 2. The van der Waals surface area contributed by atoms with E-state index in [1.54, 1.807) is 25.3 Å². The van der Waals surface area contributed by atoms with Crippen LogP contribution in [0.5, 0.6) is 17.2 Å². The van der Waals surface area contributed by atoms with Gasteiger partial charge in [-0.3, -0.25) is 4.72 Å². The molecule has 25 heavy (non-hydrogen) atoms. The van der Waals surface area contributed by atoms with Crippen LogP contribution in [0.15, 0.2) is 35.2 Å². The Bertz CT molecular complexity index is 898. The van der Waals surface area contributed by atoms with Gasteiger partial charge in [0.2, 0.25) is 0 Å². The minimum atomic E-state index is -3.90. The zero-order valence-electron chi connectivity index (χ0n) is 13.8. The highest BCUT2D eigenvalue weighted by atomic mass is 35.5. The summed E-state index contributed by atoms with van der Waals surface area (Å²) < 4.78 is 44.5. The predicted molar refractivity (Wildman–Crippen MR) is 95.6 cm³/mol. The molecular weight excluding hydrogens is 366 g/mol. The Morgan fingerprint density at radius 2 is 1.84 bits per heavy atom. The molecule has 3 rings (SSSR count). The summed E-state index contributed by atoms with van der Waals surface area (Å²) in [4.78, 5) is 0.0602. The molecule has 0 radical (unpaired) electrons. The number of hydrogen-bond acceptors (Lipinski definition) is 5. The highest BCUT2D eigenvalue weighted by molar-refractivity contribution is 7.92. The Kier molecular flexibility index (Phi) is 4.96. The van der Waals surface area contributed by atoms with Gasteiger partial charge in [-0.2, -0.15) is 0 Å². The summed E-state index contributed by atoms with van der Waals surface area (Å²) in [6, 6.07) is 7.82. The lowest BCUT2D eigenvalue weighted by Crippen LogP contribution is -2.18. The largest absolute Gasteiger partial charge is 0.496 e. The summed E-state index contributed by atoms with van der Waals surface area (Å²) >= 11 is 5.97. The zero-order chi connectivity index (χ0) is 18.0. The first-order chi connectivity index (χ1) is 12.0. The van der Waals surface area contributed by atoms with Crippen molar-refractivity contribution in [1.29, 1.82) is 0 Å². The van der Waals surface area contributed by atoms with Gasteiger partial charge >= 0.3 is 0 Å². The van der Waals surface area contributed by atoms with Crippen molar-refractivity contribution in [2.45, 2.75) is 17.7 Å². The van der Waals surface area contributed by atoms with Gasteiger partial charge in [-0.25, -0.2) is 8.42 Å². The molecule has 0 bridgehead atoms. The summed E-state index contributed by atoms with van der Waals surface area (Å²) in [5.74, 6) is 1.32. The number of anilines is 1. The highest BCUT2D eigenvalue weighted by Crippen LogP contribution is 2.39. The van der Waals surface area contributed by atoms with Crippen LogP contribution in [0.1, 0.15) is 12.0 Å². The molecule has 0 aromatic heterocycles. The van der Waals surface area contributed by atoms with Crippen molar-refractivity contribution in [3.63, 3.8) is 0 Å². The molecule has 1 aliphatic rings. The van der Waals surface area contributed by atoms with Gasteiger partial charge < -0.3 is 14.2 Å². The van der Waals surface area contributed by atoms with Crippen LogP contribution in [0.3, 0.4) is 0 Å². The number of hydrogen-bond donors (Lipinski definition) is 1. The third kappa shape index (κ3) is 3.48.